The zero-order valence-corrected chi connectivity index (χ0v) is 13.8. The van der Waals surface area contributed by atoms with Gasteiger partial charge < -0.3 is 14.8 Å². The lowest BCUT2D eigenvalue weighted by Gasteiger charge is -2.30. The Balaban J connectivity index is 0.00000100. The first-order valence-corrected chi connectivity index (χ1v) is 8.12. The average molecular weight is 333 g/mol. The molecule has 2 aliphatic heterocycles. The maximum Gasteiger partial charge on any atom is 0.234 e. The fourth-order valence-electron chi connectivity index (χ4n) is 3.07. The zero-order valence-electron chi connectivity index (χ0n) is 13.8. The molecule has 2 saturated heterocycles. The highest BCUT2D eigenvalue weighted by molar-refractivity contribution is 6.00. The van der Waals surface area contributed by atoms with Crippen LogP contribution >= 0.6 is 0 Å². The number of aldehydes is 1. The number of carbonyl (C=O) groups excluding carboxylic acids is 3. The second kappa shape index (κ2) is 8.54. The summed E-state index contributed by atoms with van der Waals surface area (Å²) in [5, 5.41) is 9.37. The van der Waals surface area contributed by atoms with Gasteiger partial charge in [-0.05, 0) is 30.9 Å². The van der Waals surface area contributed by atoms with E-state index in [1.165, 1.54) is 0 Å². The minimum absolute atomic E-state index is 0.166. The number of amides is 2. The van der Waals surface area contributed by atoms with Gasteiger partial charge in [0.1, 0.15) is 12.1 Å². The van der Waals surface area contributed by atoms with Crippen molar-refractivity contribution in [3.05, 3.63) is 23.9 Å². The van der Waals surface area contributed by atoms with Crippen molar-refractivity contribution < 1.29 is 19.5 Å². The Hall–Kier alpha value is -2.28. The standard InChI is InChI=1S/C16H19N3O3.CH4O/c20-10-11-5-7-19(8-6-11)14-3-1-12(9-17-14)13-2-4-15(21)18-16(13)22;1-2/h1,3,9-11,13H,2,4-8H2,(H,18,21,22);2H,1H3. The highest BCUT2D eigenvalue weighted by Gasteiger charge is 2.28. The van der Waals surface area contributed by atoms with Crippen LogP contribution < -0.4 is 10.2 Å². The van der Waals surface area contributed by atoms with Gasteiger partial charge in [0.05, 0.1) is 5.92 Å². The Labute approximate surface area is 141 Å². The molecular weight excluding hydrogens is 310 g/mol. The van der Waals surface area contributed by atoms with Crippen molar-refractivity contribution in [2.45, 2.75) is 31.6 Å². The van der Waals surface area contributed by atoms with E-state index in [9.17, 15) is 14.4 Å². The summed E-state index contributed by atoms with van der Waals surface area (Å²) in [6.07, 6.45) is 5.39. The van der Waals surface area contributed by atoms with Gasteiger partial charge in [0.25, 0.3) is 0 Å². The lowest BCUT2D eigenvalue weighted by atomic mass is 9.91. The van der Waals surface area contributed by atoms with Crippen LogP contribution in [0, 0.1) is 5.92 Å². The van der Waals surface area contributed by atoms with Crippen molar-refractivity contribution >= 4 is 23.9 Å². The summed E-state index contributed by atoms with van der Waals surface area (Å²) in [6.45, 7) is 1.66. The van der Waals surface area contributed by atoms with Gasteiger partial charge in [0, 0.05) is 38.7 Å². The third-order valence-electron chi connectivity index (χ3n) is 4.47. The van der Waals surface area contributed by atoms with Crippen LogP contribution in [0.15, 0.2) is 18.3 Å². The fraction of sp³-hybridized carbons (Fsp3) is 0.529. The number of hydrogen-bond donors (Lipinski definition) is 2. The van der Waals surface area contributed by atoms with Crippen LogP contribution in [0.5, 0.6) is 0 Å². The van der Waals surface area contributed by atoms with Crippen LogP contribution in [-0.2, 0) is 14.4 Å². The lowest BCUT2D eigenvalue weighted by molar-refractivity contribution is -0.134. The Kier molecular flexibility index (Phi) is 6.43. The molecule has 2 fully saturated rings. The van der Waals surface area contributed by atoms with Gasteiger partial charge in [-0.2, -0.15) is 0 Å². The lowest BCUT2D eigenvalue weighted by Crippen LogP contribution is -2.39. The minimum atomic E-state index is -0.292. The van der Waals surface area contributed by atoms with Crippen LogP contribution in [0.25, 0.3) is 0 Å². The number of nitrogens with zero attached hydrogens (tertiary/aromatic N) is 2. The van der Waals surface area contributed by atoms with Crippen molar-refractivity contribution in [3.63, 3.8) is 0 Å². The molecule has 7 heteroatoms. The summed E-state index contributed by atoms with van der Waals surface area (Å²) in [7, 11) is 1.00. The molecular formula is C17H23N3O4. The van der Waals surface area contributed by atoms with Crippen LogP contribution in [0.2, 0.25) is 0 Å². The first kappa shape index (κ1) is 18.1. The van der Waals surface area contributed by atoms with E-state index in [0.717, 1.165) is 50.7 Å². The first-order valence-electron chi connectivity index (χ1n) is 8.12. The highest BCUT2D eigenvalue weighted by Crippen LogP contribution is 2.26. The average Bonchev–Trinajstić information content (AvgIpc) is 2.64. The molecule has 1 unspecified atom stereocenters. The second-order valence-electron chi connectivity index (χ2n) is 5.91. The molecule has 3 rings (SSSR count). The summed E-state index contributed by atoms with van der Waals surface area (Å²) >= 11 is 0. The normalized spacial score (nSPS) is 21.6. The maximum absolute atomic E-state index is 11.9. The fourth-order valence-corrected chi connectivity index (χ4v) is 3.07. The number of aliphatic hydroxyl groups excluding tert-OH is 1. The molecule has 0 aliphatic carbocycles. The molecule has 0 spiro atoms. The predicted octanol–water partition coefficient (Wildman–Crippen LogP) is 0.626. The van der Waals surface area contributed by atoms with Gasteiger partial charge in [0.2, 0.25) is 11.8 Å². The summed E-state index contributed by atoms with van der Waals surface area (Å²) in [6, 6.07) is 3.83. The molecule has 130 valence electrons. The van der Waals surface area contributed by atoms with Crippen LogP contribution in [0.4, 0.5) is 5.82 Å². The van der Waals surface area contributed by atoms with E-state index in [-0.39, 0.29) is 23.7 Å². The van der Waals surface area contributed by atoms with E-state index in [1.54, 1.807) is 6.20 Å². The van der Waals surface area contributed by atoms with E-state index < -0.39 is 0 Å². The number of imide groups is 1. The molecule has 7 nitrogen and oxygen atoms in total. The minimum Gasteiger partial charge on any atom is -0.400 e. The number of carbonyl (C=O) groups is 3. The smallest absolute Gasteiger partial charge is 0.234 e. The van der Waals surface area contributed by atoms with Crippen molar-refractivity contribution in [1.82, 2.24) is 10.3 Å². The number of aromatic nitrogens is 1. The Morgan fingerprint density at radius 1 is 1.21 bits per heavy atom. The molecule has 0 aromatic carbocycles. The highest BCUT2D eigenvalue weighted by atomic mass is 16.2. The van der Waals surface area contributed by atoms with E-state index in [2.05, 4.69) is 15.2 Å². The SMILES string of the molecule is CO.O=CC1CCN(c2ccc(C3CCC(=O)NC3=O)cn2)CC1. The summed E-state index contributed by atoms with van der Waals surface area (Å²) < 4.78 is 0. The van der Waals surface area contributed by atoms with E-state index >= 15 is 0 Å². The predicted molar refractivity (Wildman–Crippen MR) is 88.5 cm³/mol. The summed E-state index contributed by atoms with van der Waals surface area (Å²) in [5.74, 6) is 0.306. The Bertz CT molecular complexity index is 580. The third-order valence-corrected chi connectivity index (χ3v) is 4.47. The molecule has 1 aromatic rings. The molecule has 0 saturated carbocycles. The number of nitrogens with one attached hydrogen (secondary N) is 1. The molecule has 2 N–H and O–H groups in total. The maximum atomic E-state index is 11.9. The van der Waals surface area contributed by atoms with Gasteiger partial charge >= 0.3 is 0 Å². The summed E-state index contributed by atoms with van der Waals surface area (Å²) in [4.78, 5) is 40.4. The Morgan fingerprint density at radius 2 is 1.92 bits per heavy atom. The van der Waals surface area contributed by atoms with E-state index in [4.69, 9.17) is 5.11 Å². The second-order valence-corrected chi connectivity index (χ2v) is 5.91. The van der Waals surface area contributed by atoms with Gasteiger partial charge in [-0.3, -0.25) is 14.9 Å². The molecule has 0 radical (unpaired) electrons. The number of aliphatic hydroxyl groups is 1. The van der Waals surface area contributed by atoms with Crippen LogP contribution in [0.1, 0.15) is 37.2 Å². The molecule has 1 aromatic heterocycles. The van der Waals surface area contributed by atoms with Gasteiger partial charge in [0.15, 0.2) is 0 Å². The molecule has 1 atom stereocenters. The van der Waals surface area contributed by atoms with Crippen molar-refractivity contribution in [3.8, 4) is 0 Å². The van der Waals surface area contributed by atoms with E-state index in [0.29, 0.717) is 12.8 Å². The number of rotatable bonds is 3. The number of pyridine rings is 1. The number of hydrogen-bond acceptors (Lipinski definition) is 6. The molecule has 2 aliphatic rings. The first-order chi connectivity index (χ1) is 11.7. The topological polar surface area (TPSA) is 99.6 Å². The van der Waals surface area contributed by atoms with Gasteiger partial charge in [-0.1, -0.05) is 6.07 Å². The summed E-state index contributed by atoms with van der Waals surface area (Å²) in [5.41, 5.74) is 0.844. The van der Waals surface area contributed by atoms with E-state index in [1.807, 2.05) is 12.1 Å². The van der Waals surface area contributed by atoms with Gasteiger partial charge in [-0.25, -0.2) is 4.98 Å². The number of anilines is 1. The van der Waals surface area contributed by atoms with Crippen LogP contribution in [0.3, 0.4) is 0 Å². The molecule has 0 bridgehead atoms. The van der Waals surface area contributed by atoms with Gasteiger partial charge in [-0.15, -0.1) is 0 Å². The largest absolute Gasteiger partial charge is 0.400 e. The zero-order chi connectivity index (χ0) is 17.5. The monoisotopic (exact) mass is 333 g/mol. The van der Waals surface area contributed by atoms with Crippen molar-refractivity contribution in [2.75, 3.05) is 25.1 Å². The van der Waals surface area contributed by atoms with Crippen LogP contribution in [-0.4, -0.2) is 48.4 Å². The van der Waals surface area contributed by atoms with Crippen molar-refractivity contribution in [2.24, 2.45) is 5.92 Å². The van der Waals surface area contributed by atoms with Crippen molar-refractivity contribution in [1.29, 1.82) is 0 Å². The Morgan fingerprint density at radius 3 is 2.46 bits per heavy atom. The molecule has 24 heavy (non-hydrogen) atoms. The quantitative estimate of drug-likeness (QED) is 0.621. The number of piperidine rings is 2. The molecule has 3 heterocycles. The third kappa shape index (κ3) is 4.17. The molecule has 2 amide bonds.